The van der Waals surface area contributed by atoms with Crippen LogP contribution in [0.5, 0.6) is 11.5 Å². The summed E-state index contributed by atoms with van der Waals surface area (Å²) in [4.78, 5) is 54.7. The Kier molecular flexibility index (Phi) is 11.2. The number of fused-ring (bicyclic) bond motifs is 2. The summed E-state index contributed by atoms with van der Waals surface area (Å²) in [5, 5.41) is 33.0. The fraction of sp³-hybridized carbons (Fsp3) is 0.489. The van der Waals surface area contributed by atoms with Crippen LogP contribution in [0.2, 0.25) is 0 Å². The van der Waals surface area contributed by atoms with Gasteiger partial charge in [0.1, 0.15) is 17.1 Å². The van der Waals surface area contributed by atoms with Crippen molar-refractivity contribution in [2.75, 3.05) is 69.7 Å². The number of carbonyl (C=O) groups excluding carboxylic acids is 2. The first-order valence-electron chi connectivity index (χ1n) is 22.4. The molecule has 0 radical (unpaired) electrons. The third-order valence-electron chi connectivity index (χ3n) is 13.9. The quantitative estimate of drug-likeness (QED) is 0.160. The van der Waals surface area contributed by atoms with E-state index in [1.807, 2.05) is 24.8 Å². The third kappa shape index (κ3) is 8.12. The summed E-state index contributed by atoms with van der Waals surface area (Å²) in [5.41, 5.74) is 9.64. The van der Waals surface area contributed by atoms with E-state index in [1.165, 1.54) is 23.0 Å². The summed E-state index contributed by atoms with van der Waals surface area (Å²) in [6.07, 6.45) is 6.63. The molecule has 2 amide bonds. The Morgan fingerprint density at radius 2 is 1.64 bits per heavy atom. The van der Waals surface area contributed by atoms with Gasteiger partial charge in [0, 0.05) is 81.5 Å². The summed E-state index contributed by atoms with van der Waals surface area (Å²) >= 11 is 1.51. The minimum atomic E-state index is -1.19. The zero-order chi connectivity index (χ0) is 44.3. The number of benzene rings is 2. The number of aromatic hydroxyl groups is 2. The van der Waals surface area contributed by atoms with E-state index in [1.54, 1.807) is 23.4 Å². The second-order valence-electron chi connectivity index (χ2n) is 18.5. The molecule has 64 heavy (non-hydrogen) atoms. The Balaban J connectivity index is 0.735. The van der Waals surface area contributed by atoms with Crippen LogP contribution >= 0.6 is 11.3 Å². The van der Waals surface area contributed by atoms with Crippen LogP contribution in [0.15, 0.2) is 48.8 Å². The monoisotopic (exact) mass is 889 g/mol. The van der Waals surface area contributed by atoms with Crippen molar-refractivity contribution in [3.05, 3.63) is 81.5 Å². The SMILES string of the molecule is CC(C)c1cc(C(=O)N2Cc3ccc(CN4CCC(C(=O)N5CCC6(CC5)CC(O)(c5cc7nc(-c8cnc(N)nc8)nc(N8CCOCC8)c7s5)CO6)CC4)cc3C2)c(O)cc1O. The highest BCUT2D eigenvalue weighted by Gasteiger charge is 2.52. The Hall–Kier alpha value is -5.46. The van der Waals surface area contributed by atoms with E-state index in [0.29, 0.717) is 88.7 Å². The molecule has 4 fully saturated rings. The van der Waals surface area contributed by atoms with Crippen molar-refractivity contribution in [2.45, 2.75) is 82.7 Å². The number of piperidine rings is 2. The summed E-state index contributed by atoms with van der Waals surface area (Å²) in [5.74, 6) is 1.18. The van der Waals surface area contributed by atoms with Crippen LogP contribution in [0.3, 0.4) is 0 Å². The molecule has 1 unspecified atom stereocenters. The van der Waals surface area contributed by atoms with Gasteiger partial charge in [-0.25, -0.2) is 19.9 Å². The molecule has 0 aliphatic carbocycles. The van der Waals surface area contributed by atoms with Crippen LogP contribution in [-0.4, -0.2) is 126 Å². The number of phenols is 2. The van der Waals surface area contributed by atoms with Crippen LogP contribution in [0.25, 0.3) is 21.6 Å². The fourth-order valence-corrected chi connectivity index (χ4v) is 11.4. The van der Waals surface area contributed by atoms with E-state index in [4.69, 9.17) is 25.2 Å². The second-order valence-corrected chi connectivity index (χ2v) is 19.6. The molecular weight excluding hydrogens is 835 g/mol. The zero-order valence-electron chi connectivity index (χ0n) is 36.3. The minimum absolute atomic E-state index is 0.00433. The van der Waals surface area contributed by atoms with E-state index >= 15 is 0 Å². The topological polar surface area (TPSA) is 204 Å². The summed E-state index contributed by atoms with van der Waals surface area (Å²) in [6.45, 7) is 11.2. The van der Waals surface area contributed by atoms with Gasteiger partial charge in [0.25, 0.3) is 5.91 Å². The predicted molar refractivity (Wildman–Crippen MR) is 241 cm³/mol. The Labute approximate surface area is 375 Å². The largest absolute Gasteiger partial charge is 0.508 e. The molecular formula is C47H55N9O7S. The number of carbonyl (C=O) groups is 2. The molecule has 5 aromatic rings. The van der Waals surface area contributed by atoms with Crippen LogP contribution in [0, 0.1) is 5.92 Å². The van der Waals surface area contributed by atoms with Gasteiger partial charge in [0.05, 0.1) is 46.8 Å². The Bertz CT molecular complexity index is 2580. The van der Waals surface area contributed by atoms with Crippen molar-refractivity contribution < 1.29 is 34.4 Å². The average Bonchev–Trinajstić information content (AvgIpc) is 4.03. The lowest BCUT2D eigenvalue weighted by atomic mass is 9.82. The van der Waals surface area contributed by atoms with Gasteiger partial charge < -0.3 is 45.2 Å². The lowest BCUT2D eigenvalue weighted by Gasteiger charge is -2.41. The van der Waals surface area contributed by atoms with E-state index in [9.17, 15) is 24.9 Å². The van der Waals surface area contributed by atoms with Crippen molar-refractivity contribution in [3.63, 3.8) is 0 Å². The number of likely N-dealkylation sites (tertiary alicyclic amines) is 2. The maximum atomic E-state index is 13.9. The number of rotatable bonds is 8. The molecule has 17 heteroatoms. The molecule has 4 saturated heterocycles. The van der Waals surface area contributed by atoms with Gasteiger partial charge in [-0.1, -0.05) is 32.0 Å². The summed E-state index contributed by atoms with van der Waals surface area (Å²) in [7, 11) is 0. The number of nitrogens with two attached hydrogens (primary N) is 1. The van der Waals surface area contributed by atoms with Crippen LogP contribution in [0.4, 0.5) is 11.8 Å². The highest BCUT2D eigenvalue weighted by Crippen LogP contribution is 2.49. The van der Waals surface area contributed by atoms with Gasteiger partial charge in [-0.3, -0.25) is 14.5 Å². The number of amides is 2. The second kappa shape index (κ2) is 16.8. The van der Waals surface area contributed by atoms with Gasteiger partial charge in [-0.15, -0.1) is 11.3 Å². The number of aromatic nitrogens is 4. The maximum Gasteiger partial charge on any atom is 0.258 e. The summed E-state index contributed by atoms with van der Waals surface area (Å²) in [6, 6.07) is 11.2. The standard InChI is InChI=1S/C47H55N9O7S/c1-28(2)34-18-35(38(58)20-37(34)57)44(60)56-24-31-4-3-29(17-32(31)25-56)23-53-9-5-30(6-10-53)43(59)55-11-7-46(8-12-55)26-47(61,27-63-46)39-19-36-40(64-39)42(54-13-15-62-16-14-54)52-41(51-36)33-21-49-45(48)50-22-33/h3-4,17-22,28,30,57-58,61H,5-16,23-27H2,1-2H3,(H2,48,49,50). The number of nitrogens with zero attached hydrogens (tertiary/aromatic N) is 8. The molecule has 16 nitrogen and oxygen atoms in total. The predicted octanol–water partition coefficient (Wildman–Crippen LogP) is 5.14. The van der Waals surface area contributed by atoms with Crippen molar-refractivity contribution in [3.8, 4) is 22.9 Å². The normalized spacial score (nSPS) is 21.7. The number of ether oxygens (including phenoxy) is 2. The molecule has 2 aromatic carbocycles. The first-order chi connectivity index (χ1) is 30.8. The molecule has 10 rings (SSSR count). The first-order valence-corrected chi connectivity index (χ1v) is 23.2. The number of nitrogen functional groups attached to an aromatic ring is 1. The van der Waals surface area contributed by atoms with Gasteiger partial charge in [-0.05, 0) is 79.1 Å². The van der Waals surface area contributed by atoms with E-state index in [2.05, 4.69) is 38.0 Å². The minimum Gasteiger partial charge on any atom is -0.508 e. The summed E-state index contributed by atoms with van der Waals surface area (Å²) < 4.78 is 13.0. The highest BCUT2D eigenvalue weighted by atomic mass is 32.1. The number of aliphatic hydroxyl groups is 1. The molecule has 5 N–H and O–H groups in total. The zero-order valence-corrected chi connectivity index (χ0v) is 37.1. The number of thiophene rings is 1. The van der Waals surface area contributed by atoms with Gasteiger partial charge in [0.2, 0.25) is 11.9 Å². The number of hydrogen-bond acceptors (Lipinski definition) is 15. The maximum absolute atomic E-state index is 13.9. The average molecular weight is 890 g/mol. The van der Waals surface area contributed by atoms with Gasteiger partial charge in [-0.2, -0.15) is 0 Å². The Morgan fingerprint density at radius 1 is 0.906 bits per heavy atom. The molecule has 3 aromatic heterocycles. The molecule has 336 valence electrons. The van der Waals surface area contributed by atoms with Gasteiger partial charge in [0.15, 0.2) is 11.6 Å². The van der Waals surface area contributed by atoms with E-state index < -0.39 is 11.2 Å². The lowest BCUT2D eigenvalue weighted by molar-refractivity contribution is -0.141. The van der Waals surface area contributed by atoms with E-state index in [-0.39, 0.29) is 53.3 Å². The molecule has 0 saturated carbocycles. The van der Waals surface area contributed by atoms with Crippen molar-refractivity contribution in [1.82, 2.24) is 34.6 Å². The van der Waals surface area contributed by atoms with Crippen molar-refractivity contribution in [1.29, 1.82) is 0 Å². The van der Waals surface area contributed by atoms with Gasteiger partial charge >= 0.3 is 0 Å². The molecule has 0 bridgehead atoms. The molecule has 5 aliphatic heterocycles. The first kappa shape index (κ1) is 42.5. The number of anilines is 2. The fourth-order valence-electron chi connectivity index (χ4n) is 10.2. The van der Waals surface area contributed by atoms with Crippen molar-refractivity contribution in [2.24, 2.45) is 5.92 Å². The van der Waals surface area contributed by atoms with Crippen LogP contribution in [0.1, 0.15) is 89.4 Å². The molecule has 8 heterocycles. The number of phenolic OH excluding ortho intramolecular Hbond substituents is 2. The third-order valence-corrected chi connectivity index (χ3v) is 15.2. The lowest BCUT2D eigenvalue weighted by Crippen LogP contribution is -2.50. The smallest absolute Gasteiger partial charge is 0.258 e. The number of hydrogen-bond donors (Lipinski definition) is 4. The van der Waals surface area contributed by atoms with Crippen molar-refractivity contribution >= 4 is 45.1 Å². The molecule has 5 aliphatic rings. The number of morpholine rings is 1. The molecule has 1 atom stereocenters. The van der Waals surface area contributed by atoms with Crippen LogP contribution < -0.4 is 10.6 Å². The van der Waals surface area contributed by atoms with Crippen LogP contribution in [-0.2, 0) is 39.5 Å². The van der Waals surface area contributed by atoms with E-state index in [0.717, 1.165) is 64.5 Å². The highest BCUT2D eigenvalue weighted by molar-refractivity contribution is 7.19. The Morgan fingerprint density at radius 3 is 2.38 bits per heavy atom. The molecule has 1 spiro atoms.